The third kappa shape index (κ3) is 7.22. The largest absolute Gasteiger partial charge is 0.356 e. The van der Waals surface area contributed by atoms with Crippen LogP contribution in [0.15, 0.2) is 29.4 Å². The number of halogens is 1. The lowest BCUT2D eigenvalue weighted by Crippen LogP contribution is -2.51. The van der Waals surface area contributed by atoms with Gasteiger partial charge in [0.25, 0.3) is 0 Å². The van der Waals surface area contributed by atoms with E-state index in [2.05, 4.69) is 38.9 Å². The number of carbonyl (C=O) groups excluding carboxylic acids is 1. The molecule has 1 aromatic heterocycles. The Hall–Kier alpha value is -1.58. The van der Waals surface area contributed by atoms with Crippen molar-refractivity contribution in [2.45, 2.75) is 46.0 Å². The first kappa shape index (κ1) is 25.7. The zero-order valence-electron chi connectivity index (χ0n) is 19.3. The topological polar surface area (TPSA) is 64.1 Å². The molecule has 3 rings (SSSR count). The van der Waals surface area contributed by atoms with E-state index in [1.54, 1.807) is 0 Å². The van der Waals surface area contributed by atoms with Crippen molar-refractivity contribution in [3.05, 3.63) is 24.4 Å². The maximum Gasteiger partial charge on any atom is 0.224 e. The minimum absolute atomic E-state index is 0. The molecule has 1 amide bonds. The molecule has 2 fully saturated rings. The van der Waals surface area contributed by atoms with Crippen LogP contribution in [0.4, 0.5) is 5.82 Å². The molecule has 0 aromatic carbocycles. The number of nitrogens with one attached hydrogen (secondary N) is 1. The summed E-state index contributed by atoms with van der Waals surface area (Å²) in [6.07, 6.45) is 7.29. The number of anilines is 1. The van der Waals surface area contributed by atoms with Gasteiger partial charge in [0.1, 0.15) is 5.82 Å². The van der Waals surface area contributed by atoms with Gasteiger partial charge < -0.3 is 20.0 Å². The van der Waals surface area contributed by atoms with E-state index in [-0.39, 0.29) is 29.9 Å². The molecule has 2 saturated heterocycles. The first-order valence-corrected chi connectivity index (χ1v) is 11.4. The molecular formula is C23H39IN6O. The molecule has 7 nitrogen and oxygen atoms in total. The van der Waals surface area contributed by atoms with E-state index in [4.69, 9.17) is 0 Å². The van der Waals surface area contributed by atoms with Crippen LogP contribution in [0.2, 0.25) is 0 Å². The molecular weight excluding hydrogens is 503 g/mol. The average molecular weight is 543 g/mol. The number of hydrogen-bond donors (Lipinski definition) is 1. The number of pyridine rings is 1. The number of likely N-dealkylation sites (tertiary alicyclic amines) is 1. The summed E-state index contributed by atoms with van der Waals surface area (Å²) < 4.78 is 0. The first-order chi connectivity index (χ1) is 14.5. The fourth-order valence-corrected chi connectivity index (χ4v) is 4.80. The van der Waals surface area contributed by atoms with Crippen LogP contribution >= 0.6 is 24.0 Å². The lowest BCUT2D eigenvalue weighted by molar-refractivity contribution is -0.131. The fraction of sp³-hybridized carbons (Fsp3) is 0.696. The SMILES string of the molecule is CCCC1(C)CCCN(C(=NC)NCCC(=O)N2CCN(c3ccccn3)CC2)C1.I. The quantitative estimate of drug-likeness (QED) is 0.340. The molecule has 174 valence electrons. The monoisotopic (exact) mass is 542 g/mol. The second-order valence-corrected chi connectivity index (χ2v) is 8.87. The van der Waals surface area contributed by atoms with Gasteiger partial charge in [0.2, 0.25) is 5.91 Å². The van der Waals surface area contributed by atoms with Crippen LogP contribution in [-0.2, 0) is 4.79 Å². The van der Waals surface area contributed by atoms with E-state index in [1.807, 2.05) is 36.3 Å². The van der Waals surface area contributed by atoms with E-state index in [9.17, 15) is 4.79 Å². The van der Waals surface area contributed by atoms with Gasteiger partial charge in [-0.15, -0.1) is 24.0 Å². The Morgan fingerprint density at radius 2 is 1.97 bits per heavy atom. The first-order valence-electron chi connectivity index (χ1n) is 11.4. The van der Waals surface area contributed by atoms with Crippen molar-refractivity contribution in [2.75, 3.05) is 57.8 Å². The Bertz CT molecular complexity index is 703. The number of piperazine rings is 1. The van der Waals surface area contributed by atoms with Crippen LogP contribution in [0.5, 0.6) is 0 Å². The van der Waals surface area contributed by atoms with Crippen LogP contribution < -0.4 is 10.2 Å². The molecule has 3 heterocycles. The highest BCUT2D eigenvalue weighted by molar-refractivity contribution is 14.0. The smallest absolute Gasteiger partial charge is 0.224 e. The lowest BCUT2D eigenvalue weighted by Gasteiger charge is -2.42. The van der Waals surface area contributed by atoms with Crippen molar-refractivity contribution in [1.82, 2.24) is 20.1 Å². The highest BCUT2D eigenvalue weighted by atomic mass is 127. The summed E-state index contributed by atoms with van der Waals surface area (Å²) in [7, 11) is 1.84. The Labute approximate surface area is 204 Å². The van der Waals surface area contributed by atoms with E-state index in [0.29, 0.717) is 18.4 Å². The summed E-state index contributed by atoms with van der Waals surface area (Å²) >= 11 is 0. The molecule has 1 aromatic rings. The lowest BCUT2D eigenvalue weighted by atomic mass is 9.78. The van der Waals surface area contributed by atoms with Gasteiger partial charge in [0.15, 0.2) is 5.96 Å². The molecule has 0 saturated carbocycles. The second-order valence-electron chi connectivity index (χ2n) is 8.87. The van der Waals surface area contributed by atoms with E-state index in [1.165, 1.54) is 25.7 Å². The molecule has 0 radical (unpaired) electrons. The molecule has 0 bridgehead atoms. The van der Waals surface area contributed by atoms with Crippen LogP contribution in [0.1, 0.15) is 46.0 Å². The molecule has 2 aliphatic rings. The van der Waals surface area contributed by atoms with Crippen LogP contribution in [0, 0.1) is 5.41 Å². The maximum atomic E-state index is 12.7. The number of amides is 1. The zero-order chi connectivity index (χ0) is 21.4. The van der Waals surface area contributed by atoms with Gasteiger partial charge in [0.05, 0.1) is 0 Å². The minimum Gasteiger partial charge on any atom is -0.356 e. The number of guanidine groups is 1. The van der Waals surface area contributed by atoms with Crippen molar-refractivity contribution in [2.24, 2.45) is 10.4 Å². The molecule has 1 N–H and O–H groups in total. The van der Waals surface area contributed by atoms with Crippen molar-refractivity contribution in [3.8, 4) is 0 Å². The number of piperidine rings is 1. The number of nitrogens with zero attached hydrogens (tertiary/aromatic N) is 5. The van der Waals surface area contributed by atoms with Crippen molar-refractivity contribution >= 4 is 41.7 Å². The van der Waals surface area contributed by atoms with E-state index < -0.39 is 0 Å². The molecule has 0 aliphatic carbocycles. The Balaban J connectivity index is 0.00000341. The second kappa shape index (κ2) is 12.5. The number of aliphatic imine (C=N–C) groups is 1. The van der Waals surface area contributed by atoms with Crippen LogP contribution in [-0.4, -0.2) is 79.5 Å². The Morgan fingerprint density at radius 1 is 1.19 bits per heavy atom. The summed E-state index contributed by atoms with van der Waals surface area (Å²) in [4.78, 5) is 28.2. The van der Waals surface area contributed by atoms with Gasteiger partial charge in [-0.2, -0.15) is 0 Å². The summed E-state index contributed by atoms with van der Waals surface area (Å²) in [5.74, 6) is 2.14. The molecule has 1 atom stereocenters. The number of carbonyl (C=O) groups is 1. The predicted molar refractivity (Wildman–Crippen MR) is 138 cm³/mol. The third-order valence-electron chi connectivity index (χ3n) is 6.37. The summed E-state index contributed by atoms with van der Waals surface area (Å²) in [6, 6.07) is 5.96. The number of aromatic nitrogens is 1. The highest BCUT2D eigenvalue weighted by Crippen LogP contribution is 2.33. The van der Waals surface area contributed by atoms with Gasteiger partial charge in [-0.3, -0.25) is 9.79 Å². The number of rotatable bonds is 6. The predicted octanol–water partition coefficient (Wildman–Crippen LogP) is 3.22. The summed E-state index contributed by atoms with van der Waals surface area (Å²) in [5.41, 5.74) is 0.369. The van der Waals surface area contributed by atoms with Crippen LogP contribution in [0.3, 0.4) is 0 Å². The van der Waals surface area contributed by atoms with Gasteiger partial charge in [0, 0.05) is 65.5 Å². The molecule has 0 spiro atoms. The van der Waals surface area contributed by atoms with E-state index in [0.717, 1.165) is 51.0 Å². The highest BCUT2D eigenvalue weighted by Gasteiger charge is 2.31. The summed E-state index contributed by atoms with van der Waals surface area (Å²) in [5, 5.41) is 3.43. The van der Waals surface area contributed by atoms with Crippen molar-refractivity contribution in [3.63, 3.8) is 0 Å². The number of hydrogen-bond acceptors (Lipinski definition) is 4. The minimum atomic E-state index is 0. The Morgan fingerprint density at radius 3 is 2.61 bits per heavy atom. The summed E-state index contributed by atoms with van der Waals surface area (Å²) in [6.45, 7) is 10.6. The van der Waals surface area contributed by atoms with E-state index >= 15 is 0 Å². The molecule has 31 heavy (non-hydrogen) atoms. The Kier molecular flexibility index (Phi) is 10.3. The zero-order valence-corrected chi connectivity index (χ0v) is 21.7. The molecule has 8 heteroatoms. The molecule has 2 aliphatic heterocycles. The van der Waals surface area contributed by atoms with Gasteiger partial charge in [-0.25, -0.2) is 4.98 Å². The molecule has 1 unspecified atom stereocenters. The third-order valence-corrected chi connectivity index (χ3v) is 6.37. The van der Waals surface area contributed by atoms with Gasteiger partial charge >= 0.3 is 0 Å². The normalized spacial score (nSPS) is 22.2. The standard InChI is InChI=1S/C23H38N6O.HI/c1-4-10-23(2)11-7-14-29(19-23)22(24-3)26-13-9-21(30)28-17-15-27(16-18-28)20-8-5-6-12-25-20;/h5-6,8,12H,4,7,9-11,13-19H2,1-3H3,(H,24,26);1H. The van der Waals surface area contributed by atoms with Gasteiger partial charge in [-0.1, -0.05) is 26.3 Å². The average Bonchev–Trinajstić information content (AvgIpc) is 2.77. The van der Waals surface area contributed by atoms with Crippen LogP contribution in [0.25, 0.3) is 0 Å². The van der Waals surface area contributed by atoms with Crippen molar-refractivity contribution < 1.29 is 4.79 Å². The van der Waals surface area contributed by atoms with Crippen molar-refractivity contribution in [1.29, 1.82) is 0 Å². The fourth-order valence-electron chi connectivity index (χ4n) is 4.80. The maximum absolute atomic E-state index is 12.7. The van der Waals surface area contributed by atoms with Gasteiger partial charge in [-0.05, 0) is 36.8 Å².